The van der Waals surface area contributed by atoms with Crippen molar-refractivity contribution in [2.45, 2.75) is 12.1 Å². The van der Waals surface area contributed by atoms with Crippen LogP contribution in [-0.2, 0) is 4.79 Å². The summed E-state index contributed by atoms with van der Waals surface area (Å²) >= 11 is 1.14. The number of carbonyl (C=O) groups is 2. The first kappa shape index (κ1) is 19.6. The summed E-state index contributed by atoms with van der Waals surface area (Å²) in [6, 6.07) is 12.1. The van der Waals surface area contributed by atoms with E-state index in [1.165, 1.54) is 7.11 Å². The van der Waals surface area contributed by atoms with Crippen LogP contribution in [0.2, 0.25) is 0 Å². The molecule has 0 aliphatic heterocycles. The van der Waals surface area contributed by atoms with Gasteiger partial charge in [0.2, 0.25) is 5.91 Å². The minimum Gasteiger partial charge on any atom is -0.493 e. The number of hydrazine groups is 1. The maximum absolute atomic E-state index is 12.2. The second-order valence-corrected chi connectivity index (χ2v) is 6.46. The van der Waals surface area contributed by atoms with E-state index in [0.29, 0.717) is 34.5 Å². The largest absolute Gasteiger partial charge is 0.493 e. The van der Waals surface area contributed by atoms with Gasteiger partial charge in [0.1, 0.15) is 5.52 Å². The highest BCUT2D eigenvalue weighted by Gasteiger charge is 2.13. The normalized spacial score (nSPS) is 10.5. The molecule has 0 atom stereocenters. The number of thioether (sulfide) groups is 1. The van der Waals surface area contributed by atoms with E-state index in [2.05, 4.69) is 15.8 Å². The number of benzene rings is 2. The molecule has 0 fully saturated rings. The molecular formula is C19H19N3O5S. The van der Waals surface area contributed by atoms with E-state index in [0.717, 1.165) is 17.3 Å². The van der Waals surface area contributed by atoms with Gasteiger partial charge in [-0.2, -0.15) is 0 Å². The molecule has 3 rings (SSSR count). The number of carbonyl (C=O) groups excluding carboxylic acids is 2. The molecule has 28 heavy (non-hydrogen) atoms. The van der Waals surface area contributed by atoms with Crippen molar-refractivity contribution in [2.24, 2.45) is 0 Å². The lowest BCUT2D eigenvalue weighted by molar-refractivity contribution is -0.119. The summed E-state index contributed by atoms with van der Waals surface area (Å²) in [7, 11) is 1.49. The van der Waals surface area contributed by atoms with E-state index in [9.17, 15) is 9.59 Å². The molecular weight excluding hydrogens is 382 g/mol. The number of aromatic nitrogens is 1. The maximum atomic E-state index is 12.2. The number of methoxy groups -OCH3 is 1. The van der Waals surface area contributed by atoms with Crippen LogP contribution in [0.4, 0.5) is 0 Å². The lowest BCUT2D eigenvalue weighted by Gasteiger charge is -2.11. The standard InChI is InChI=1S/C19H19N3O5S/c1-3-26-15-9-8-12(10-16(15)25-2)18(24)22-21-17(23)11-28-19-20-13-6-4-5-7-14(13)27-19/h4-10H,3,11H2,1-2H3,(H,21,23)(H,22,24). The fourth-order valence-corrected chi connectivity index (χ4v) is 3.00. The number of oxazole rings is 1. The lowest BCUT2D eigenvalue weighted by Crippen LogP contribution is -2.42. The second-order valence-electron chi connectivity index (χ2n) is 5.54. The molecule has 9 heteroatoms. The summed E-state index contributed by atoms with van der Waals surface area (Å²) in [5.74, 6) is 0.160. The Morgan fingerprint density at radius 2 is 1.96 bits per heavy atom. The van der Waals surface area contributed by atoms with E-state index in [1.54, 1.807) is 24.3 Å². The van der Waals surface area contributed by atoms with Crippen molar-refractivity contribution in [3.8, 4) is 11.5 Å². The Hall–Kier alpha value is -3.20. The van der Waals surface area contributed by atoms with Crippen LogP contribution >= 0.6 is 11.8 Å². The minimum absolute atomic E-state index is 0.0414. The fourth-order valence-electron chi connectivity index (χ4n) is 2.36. The van der Waals surface area contributed by atoms with Crippen molar-refractivity contribution in [3.63, 3.8) is 0 Å². The van der Waals surface area contributed by atoms with Gasteiger partial charge >= 0.3 is 0 Å². The molecule has 2 amide bonds. The number of nitrogens with zero attached hydrogens (tertiary/aromatic N) is 1. The van der Waals surface area contributed by atoms with Crippen molar-refractivity contribution in [1.82, 2.24) is 15.8 Å². The Balaban J connectivity index is 1.51. The van der Waals surface area contributed by atoms with Gasteiger partial charge in [-0.25, -0.2) is 4.98 Å². The number of amides is 2. The topological polar surface area (TPSA) is 103 Å². The third-order valence-corrected chi connectivity index (χ3v) is 4.47. The molecule has 2 N–H and O–H groups in total. The van der Waals surface area contributed by atoms with Crippen LogP contribution < -0.4 is 20.3 Å². The fraction of sp³-hybridized carbons (Fsp3) is 0.211. The molecule has 3 aromatic rings. The quantitative estimate of drug-likeness (QED) is 0.463. The lowest BCUT2D eigenvalue weighted by atomic mass is 10.2. The molecule has 0 spiro atoms. The number of nitrogens with one attached hydrogen (secondary N) is 2. The smallest absolute Gasteiger partial charge is 0.269 e. The predicted octanol–water partition coefficient (Wildman–Crippen LogP) is 2.79. The van der Waals surface area contributed by atoms with Gasteiger partial charge in [0, 0.05) is 5.56 Å². The molecule has 0 radical (unpaired) electrons. The molecule has 0 saturated carbocycles. The maximum Gasteiger partial charge on any atom is 0.269 e. The van der Waals surface area contributed by atoms with Gasteiger partial charge in [0.05, 0.1) is 19.5 Å². The van der Waals surface area contributed by atoms with Gasteiger partial charge in [0.15, 0.2) is 17.1 Å². The highest BCUT2D eigenvalue weighted by Crippen LogP contribution is 2.28. The molecule has 0 unspecified atom stereocenters. The zero-order valence-electron chi connectivity index (χ0n) is 15.4. The van der Waals surface area contributed by atoms with Gasteiger partial charge in [-0.3, -0.25) is 20.4 Å². The zero-order valence-corrected chi connectivity index (χ0v) is 16.2. The summed E-state index contributed by atoms with van der Waals surface area (Å²) in [4.78, 5) is 28.5. The molecule has 1 heterocycles. The van der Waals surface area contributed by atoms with Gasteiger partial charge in [-0.05, 0) is 37.3 Å². The van der Waals surface area contributed by atoms with Crippen LogP contribution in [0.25, 0.3) is 11.1 Å². The van der Waals surface area contributed by atoms with Crippen molar-refractivity contribution >= 4 is 34.7 Å². The van der Waals surface area contributed by atoms with Crippen LogP contribution in [0.15, 0.2) is 52.1 Å². The molecule has 0 aliphatic carbocycles. The van der Waals surface area contributed by atoms with Gasteiger partial charge < -0.3 is 13.9 Å². The van der Waals surface area contributed by atoms with E-state index in [1.807, 2.05) is 25.1 Å². The number of hydrogen-bond donors (Lipinski definition) is 2. The molecule has 0 bridgehead atoms. The third-order valence-electron chi connectivity index (χ3n) is 3.64. The first-order chi connectivity index (χ1) is 13.6. The molecule has 0 saturated heterocycles. The highest BCUT2D eigenvalue weighted by atomic mass is 32.2. The Labute approximate surface area is 165 Å². The van der Waals surface area contributed by atoms with Gasteiger partial charge in [-0.15, -0.1) is 0 Å². The van der Waals surface area contributed by atoms with E-state index < -0.39 is 11.8 Å². The number of fused-ring (bicyclic) bond motifs is 1. The number of rotatable bonds is 7. The van der Waals surface area contributed by atoms with Crippen LogP contribution in [-0.4, -0.2) is 36.3 Å². The van der Waals surface area contributed by atoms with Crippen LogP contribution in [0.3, 0.4) is 0 Å². The Kier molecular flexibility index (Phi) is 6.38. The minimum atomic E-state index is -0.471. The Bertz CT molecular complexity index is 956. The molecule has 146 valence electrons. The Morgan fingerprint density at radius 1 is 1.14 bits per heavy atom. The van der Waals surface area contributed by atoms with Crippen molar-refractivity contribution in [3.05, 3.63) is 48.0 Å². The summed E-state index contributed by atoms with van der Waals surface area (Å²) < 4.78 is 16.2. The predicted molar refractivity (Wildman–Crippen MR) is 105 cm³/mol. The zero-order chi connectivity index (χ0) is 19.9. The van der Waals surface area contributed by atoms with E-state index in [-0.39, 0.29) is 5.75 Å². The average Bonchev–Trinajstić information content (AvgIpc) is 3.14. The number of hydrogen-bond acceptors (Lipinski definition) is 7. The Morgan fingerprint density at radius 3 is 2.71 bits per heavy atom. The molecule has 2 aromatic carbocycles. The van der Waals surface area contributed by atoms with Crippen molar-refractivity contribution < 1.29 is 23.5 Å². The monoisotopic (exact) mass is 401 g/mol. The molecule has 1 aromatic heterocycles. The first-order valence-corrected chi connectivity index (χ1v) is 9.47. The molecule has 0 aliphatic rings. The summed E-state index contributed by atoms with van der Waals surface area (Å²) in [6.45, 7) is 2.34. The summed E-state index contributed by atoms with van der Waals surface area (Å²) in [6.07, 6.45) is 0. The number of ether oxygens (including phenoxy) is 2. The van der Waals surface area contributed by atoms with E-state index >= 15 is 0 Å². The SMILES string of the molecule is CCOc1ccc(C(=O)NNC(=O)CSc2nc3ccccc3o2)cc1OC. The molecule has 8 nitrogen and oxygen atoms in total. The first-order valence-electron chi connectivity index (χ1n) is 8.49. The van der Waals surface area contributed by atoms with Gasteiger partial charge in [-0.1, -0.05) is 23.9 Å². The van der Waals surface area contributed by atoms with E-state index in [4.69, 9.17) is 13.9 Å². The summed E-state index contributed by atoms with van der Waals surface area (Å²) in [5, 5.41) is 0.388. The van der Waals surface area contributed by atoms with Crippen molar-refractivity contribution in [2.75, 3.05) is 19.5 Å². The van der Waals surface area contributed by atoms with Crippen LogP contribution in [0.5, 0.6) is 11.5 Å². The van der Waals surface area contributed by atoms with Crippen LogP contribution in [0.1, 0.15) is 17.3 Å². The third kappa shape index (κ3) is 4.74. The van der Waals surface area contributed by atoms with Crippen molar-refractivity contribution in [1.29, 1.82) is 0 Å². The summed E-state index contributed by atoms with van der Waals surface area (Å²) in [5.41, 5.74) is 6.43. The number of para-hydroxylation sites is 2. The second kappa shape index (κ2) is 9.14. The van der Waals surface area contributed by atoms with Gasteiger partial charge in [0.25, 0.3) is 11.1 Å². The average molecular weight is 401 g/mol. The van der Waals surface area contributed by atoms with Crippen LogP contribution in [0, 0.1) is 0 Å². The highest BCUT2D eigenvalue weighted by molar-refractivity contribution is 7.99.